The van der Waals surface area contributed by atoms with Crippen LogP contribution in [0.15, 0.2) is 18.2 Å². The highest BCUT2D eigenvalue weighted by Crippen LogP contribution is 2.11. The van der Waals surface area contributed by atoms with E-state index in [0.29, 0.717) is 24.8 Å². The number of nitrogens with zero attached hydrogens (tertiary/aromatic N) is 2. The quantitative estimate of drug-likeness (QED) is 0.774. The molecule has 2 heterocycles. The lowest BCUT2D eigenvalue weighted by Gasteiger charge is -2.33. The summed E-state index contributed by atoms with van der Waals surface area (Å²) in [6.45, 7) is 2.48. The number of piperazine rings is 1. The fourth-order valence-corrected chi connectivity index (χ4v) is 2.11. The standard InChI is InChI=1S/C11H14ClN3O2/c12-10-3-1-2-8(14-10)7-15-5-4-13-6-9(15)11(16)17/h1-3,9,13H,4-7H2,(H,16,17). The summed E-state index contributed by atoms with van der Waals surface area (Å²) < 4.78 is 0. The second-order valence-electron chi connectivity index (χ2n) is 3.98. The van der Waals surface area contributed by atoms with Crippen molar-refractivity contribution in [3.05, 3.63) is 29.0 Å². The summed E-state index contributed by atoms with van der Waals surface area (Å²) in [6.07, 6.45) is 0. The summed E-state index contributed by atoms with van der Waals surface area (Å²) in [5.41, 5.74) is 0.797. The molecule has 92 valence electrons. The van der Waals surface area contributed by atoms with Gasteiger partial charge in [-0.05, 0) is 12.1 Å². The number of aliphatic carboxylic acids is 1. The first-order chi connectivity index (χ1) is 8.16. The monoisotopic (exact) mass is 255 g/mol. The number of halogens is 1. The Kier molecular flexibility index (Phi) is 3.93. The molecule has 0 radical (unpaired) electrons. The van der Waals surface area contributed by atoms with E-state index >= 15 is 0 Å². The van der Waals surface area contributed by atoms with Crippen molar-refractivity contribution in [2.45, 2.75) is 12.6 Å². The van der Waals surface area contributed by atoms with Gasteiger partial charge < -0.3 is 10.4 Å². The molecule has 0 spiro atoms. The molecule has 0 amide bonds. The van der Waals surface area contributed by atoms with Gasteiger partial charge in [-0.25, -0.2) is 4.98 Å². The fraction of sp³-hybridized carbons (Fsp3) is 0.455. The minimum absolute atomic E-state index is 0.435. The largest absolute Gasteiger partial charge is 0.480 e. The Hall–Kier alpha value is -1.17. The number of nitrogens with one attached hydrogen (secondary N) is 1. The van der Waals surface area contributed by atoms with Crippen molar-refractivity contribution in [3.8, 4) is 0 Å². The fourth-order valence-electron chi connectivity index (χ4n) is 1.93. The molecule has 1 unspecified atom stereocenters. The highest BCUT2D eigenvalue weighted by Gasteiger charge is 2.28. The van der Waals surface area contributed by atoms with Crippen LogP contribution in [0, 0.1) is 0 Å². The number of aromatic nitrogens is 1. The van der Waals surface area contributed by atoms with Crippen molar-refractivity contribution in [1.29, 1.82) is 0 Å². The first-order valence-electron chi connectivity index (χ1n) is 5.46. The summed E-state index contributed by atoms with van der Waals surface area (Å²) in [4.78, 5) is 17.2. The molecule has 17 heavy (non-hydrogen) atoms. The molecule has 2 rings (SSSR count). The van der Waals surface area contributed by atoms with Gasteiger partial charge in [0.1, 0.15) is 11.2 Å². The number of hydrogen-bond donors (Lipinski definition) is 2. The topological polar surface area (TPSA) is 65.5 Å². The van der Waals surface area contributed by atoms with E-state index in [4.69, 9.17) is 16.7 Å². The third-order valence-electron chi connectivity index (χ3n) is 2.78. The Bertz CT molecular complexity index is 413. The van der Waals surface area contributed by atoms with Gasteiger partial charge in [-0.3, -0.25) is 9.69 Å². The predicted octanol–water partition coefficient (Wildman–Crippen LogP) is 0.593. The van der Waals surface area contributed by atoms with Crippen molar-refractivity contribution in [2.75, 3.05) is 19.6 Å². The summed E-state index contributed by atoms with van der Waals surface area (Å²) in [6, 6.07) is 4.89. The van der Waals surface area contributed by atoms with Crippen LogP contribution in [0.25, 0.3) is 0 Å². The average Bonchev–Trinajstić information content (AvgIpc) is 2.29. The maximum atomic E-state index is 11.1. The van der Waals surface area contributed by atoms with Gasteiger partial charge >= 0.3 is 5.97 Å². The second-order valence-corrected chi connectivity index (χ2v) is 4.37. The van der Waals surface area contributed by atoms with Gasteiger partial charge in [-0.2, -0.15) is 0 Å². The molecule has 6 heteroatoms. The van der Waals surface area contributed by atoms with Gasteiger partial charge in [-0.15, -0.1) is 0 Å². The van der Waals surface area contributed by atoms with Gasteiger partial charge in [-0.1, -0.05) is 17.7 Å². The Labute approximate surface area is 104 Å². The molecule has 1 fully saturated rings. The normalized spacial score (nSPS) is 21.4. The van der Waals surface area contributed by atoms with Crippen LogP contribution in [-0.2, 0) is 11.3 Å². The molecule has 1 aromatic rings. The minimum Gasteiger partial charge on any atom is -0.480 e. The number of rotatable bonds is 3. The van der Waals surface area contributed by atoms with Crippen LogP contribution < -0.4 is 5.32 Å². The average molecular weight is 256 g/mol. The molecule has 1 atom stereocenters. The van der Waals surface area contributed by atoms with Crippen LogP contribution in [0.2, 0.25) is 5.15 Å². The smallest absolute Gasteiger partial charge is 0.322 e. The highest BCUT2D eigenvalue weighted by atomic mass is 35.5. The van der Waals surface area contributed by atoms with E-state index in [9.17, 15) is 4.79 Å². The lowest BCUT2D eigenvalue weighted by Crippen LogP contribution is -2.54. The molecular formula is C11H14ClN3O2. The van der Waals surface area contributed by atoms with Gasteiger partial charge in [0.2, 0.25) is 0 Å². The second kappa shape index (κ2) is 5.44. The minimum atomic E-state index is -0.806. The molecular weight excluding hydrogens is 242 g/mol. The summed E-state index contributed by atoms with van der Waals surface area (Å²) in [5.74, 6) is -0.806. The zero-order valence-electron chi connectivity index (χ0n) is 9.27. The molecule has 1 aliphatic heterocycles. The Morgan fingerprint density at radius 2 is 2.47 bits per heavy atom. The van der Waals surface area contributed by atoms with Crippen molar-refractivity contribution in [3.63, 3.8) is 0 Å². The van der Waals surface area contributed by atoms with Crippen LogP contribution in [0.1, 0.15) is 5.69 Å². The summed E-state index contributed by atoms with van der Waals surface area (Å²) >= 11 is 5.80. The van der Waals surface area contributed by atoms with Gasteiger partial charge in [0.05, 0.1) is 5.69 Å². The maximum Gasteiger partial charge on any atom is 0.322 e. The number of carbonyl (C=O) groups is 1. The van der Waals surface area contributed by atoms with E-state index in [1.165, 1.54) is 0 Å². The lowest BCUT2D eigenvalue weighted by atomic mass is 10.2. The molecule has 0 aromatic carbocycles. The first kappa shape index (κ1) is 12.3. The molecule has 0 aliphatic carbocycles. The number of carboxylic acid groups (broad SMARTS) is 1. The van der Waals surface area contributed by atoms with Gasteiger partial charge in [0.25, 0.3) is 0 Å². The summed E-state index contributed by atoms with van der Waals surface area (Å²) in [7, 11) is 0. The zero-order chi connectivity index (χ0) is 12.3. The molecule has 1 aliphatic rings. The van der Waals surface area contributed by atoms with Crippen LogP contribution in [-0.4, -0.2) is 46.6 Å². The van der Waals surface area contributed by atoms with Crippen LogP contribution in [0.4, 0.5) is 0 Å². The van der Waals surface area contributed by atoms with E-state index < -0.39 is 12.0 Å². The van der Waals surface area contributed by atoms with E-state index in [1.54, 1.807) is 6.07 Å². The first-order valence-corrected chi connectivity index (χ1v) is 5.83. The summed E-state index contributed by atoms with van der Waals surface area (Å²) in [5, 5.41) is 12.6. The van der Waals surface area contributed by atoms with Crippen LogP contribution in [0.3, 0.4) is 0 Å². The van der Waals surface area contributed by atoms with Crippen LogP contribution in [0.5, 0.6) is 0 Å². The zero-order valence-corrected chi connectivity index (χ0v) is 10.0. The van der Waals surface area contributed by atoms with Gasteiger partial charge in [0.15, 0.2) is 0 Å². The Morgan fingerprint density at radius 3 is 3.18 bits per heavy atom. The van der Waals surface area contributed by atoms with Crippen molar-refractivity contribution < 1.29 is 9.90 Å². The lowest BCUT2D eigenvalue weighted by molar-refractivity contribution is -0.144. The predicted molar refractivity (Wildman–Crippen MR) is 64.0 cm³/mol. The SMILES string of the molecule is O=C(O)C1CNCCN1Cc1cccc(Cl)n1. The van der Waals surface area contributed by atoms with E-state index in [1.807, 2.05) is 17.0 Å². The number of carboxylic acids is 1. The molecule has 1 saturated heterocycles. The Morgan fingerprint density at radius 1 is 1.65 bits per heavy atom. The molecule has 0 saturated carbocycles. The third kappa shape index (κ3) is 3.15. The molecule has 0 bridgehead atoms. The molecule has 1 aromatic heterocycles. The molecule has 2 N–H and O–H groups in total. The van der Waals surface area contributed by atoms with Crippen LogP contribution >= 0.6 is 11.6 Å². The molecule has 5 nitrogen and oxygen atoms in total. The van der Waals surface area contributed by atoms with Crippen molar-refractivity contribution in [2.24, 2.45) is 0 Å². The third-order valence-corrected chi connectivity index (χ3v) is 2.99. The number of hydrogen-bond acceptors (Lipinski definition) is 4. The Balaban J connectivity index is 2.08. The highest BCUT2D eigenvalue weighted by molar-refractivity contribution is 6.29. The van der Waals surface area contributed by atoms with E-state index in [2.05, 4.69) is 10.3 Å². The van der Waals surface area contributed by atoms with Gasteiger partial charge in [0, 0.05) is 26.2 Å². The maximum absolute atomic E-state index is 11.1. The van der Waals surface area contributed by atoms with Crippen molar-refractivity contribution >= 4 is 17.6 Å². The number of pyridine rings is 1. The van der Waals surface area contributed by atoms with Crippen molar-refractivity contribution in [1.82, 2.24) is 15.2 Å². The van der Waals surface area contributed by atoms with E-state index in [-0.39, 0.29) is 0 Å². The van der Waals surface area contributed by atoms with E-state index in [0.717, 1.165) is 12.2 Å².